The molecule has 0 N–H and O–H groups in total. The van der Waals surface area contributed by atoms with Crippen molar-refractivity contribution >= 4 is 11.3 Å². The summed E-state index contributed by atoms with van der Waals surface area (Å²) in [5, 5.41) is 29.2. The van der Waals surface area contributed by atoms with E-state index in [-0.39, 0.29) is 66.2 Å². The van der Waals surface area contributed by atoms with Crippen LogP contribution < -0.4 is 10.4 Å². The van der Waals surface area contributed by atoms with Crippen LogP contribution in [0.5, 0.6) is 0 Å². The number of hydrogen-bond donors (Lipinski definition) is 0. The van der Waals surface area contributed by atoms with Gasteiger partial charge in [0.05, 0.1) is 17.7 Å². The molecule has 208 valence electrons. The van der Waals surface area contributed by atoms with Crippen LogP contribution in [0.3, 0.4) is 0 Å². The molecule has 44 heavy (non-hydrogen) atoms. The Balaban J connectivity index is 2.19. The van der Waals surface area contributed by atoms with Crippen LogP contribution in [0.25, 0.3) is 48.1 Å². The van der Waals surface area contributed by atoms with Gasteiger partial charge in [-0.1, -0.05) is 0 Å². The minimum atomic E-state index is -1.81. The smallest absolute Gasteiger partial charge is 0.238 e. The minimum Gasteiger partial charge on any atom is -0.238 e. The molecule has 0 aromatic heterocycles. The summed E-state index contributed by atoms with van der Waals surface area (Å²) in [5.74, 6) is -10.7. The highest BCUT2D eigenvalue weighted by Gasteiger charge is 2.36. The molecule has 0 fully saturated rings. The van der Waals surface area contributed by atoms with E-state index in [2.05, 4.69) is 14.5 Å². The molecule has 3 aromatic rings. The van der Waals surface area contributed by atoms with Gasteiger partial charge >= 0.3 is 5.82 Å². The van der Waals surface area contributed by atoms with Crippen molar-refractivity contribution in [3.05, 3.63) is 138 Å². The minimum absolute atomic E-state index is 0.0236. The SMILES string of the molecule is [C-]#[N+]C([N+]#[C-])=C1Cc2c(-c3cc(F)c(F)c(F)c3)c3c(c(-c4cc(F)c(F)c(F)c4)c2=C1[N+]#[C-])CC(=C(C#N)C#N)C=3C#N. The fraction of sp³-hybridized carbons (Fsp3) is 0.0625. The van der Waals surface area contributed by atoms with Crippen LogP contribution >= 0.6 is 0 Å². The van der Waals surface area contributed by atoms with Gasteiger partial charge in [0.1, 0.15) is 36.9 Å². The van der Waals surface area contributed by atoms with Crippen molar-refractivity contribution in [2.24, 2.45) is 0 Å². The highest BCUT2D eigenvalue weighted by atomic mass is 19.2. The zero-order valence-electron chi connectivity index (χ0n) is 21.7. The van der Waals surface area contributed by atoms with Gasteiger partial charge in [-0.05, 0) is 69.3 Å². The van der Waals surface area contributed by atoms with Crippen LogP contribution in [-0.2, 0) is 12.8 Å². The van der Waals surface area contributed by atoms with E-state index in [0.29, 0.717) is 24.3 Å². The van der Waals surface area contributed by atoms with Crippen LogP contribution in [0.1, 0.15) is 11.1 Å². The molecule has 0 radical (unpaired) electrons. The molecule has 0 atom stereocenters. The summed E-state index contributed by atoms with van der Waals surface area (Å²) in [4.78, 5) is 9.79. The normalized spacial score (nSPS) is 12.7. The first-order valence-electron chi connectivity index (χ1n) is 12.1. The summed E-state index contributed by atoms with van der Waals surface area (Å²) in [6, 6.07) is 7.63. The van der Waals surface area contributed by atoms with E-state index in [1.165, 1.54) is 0 Å². The molecular formula is C32H8F6N6. The third-order valence-electron chi connectivity index (χ3n) is 7.26. The van der Waals surface area contributed by atoms with E-state index in [1.807, 2.05) is 6.07 Å². The van der Waals surface area contributed by atoms with Crippen LogP contribution in [0.4, 0.5) is 26.3 Å². The average Bonchev–Trinajstić information content (AvgIpc) is 3.56. The topological polar surface area (TPSA) is 84.5 Å². The van der Waals surface area contributed by atoms with Gasteiger partial charge in [0.2, 0.25) is 0 Å². The zero-order valence-corrected chi connectivity index (χ0v) is 21.7. The number of rotatable bonds is 2. The van der Waals surface area contributed by atoms with Crippen molar-refractivity contribution in [3.63, 3.8) is 0 Å². The number of fused-ring (bicyclic) bond motifs is 2. The predicted octanol–water partition coefficient (Wildman–Crippen LogP) is 6.06. The van der Waals surface area contributed by atoms with E-state index in [0.717, 1.165) is 0 Å². The Morgan fingerprint density at radius 1 is 0.659 bits per heavy atom. The van der Waals surface area contributed by atoms with E-state index in [1.54, 1.807) is 12.1 Å². The molecule has 3 aromatic carbocycles. The third kappa shape index (κ3) is 4.07. The Bertz CT molecular complexity index is 2120. The molecule has 0 bridgehead atoms. The van der Waals surface area contributed by atoms with E-state index < -0.39 is 59.1 Å². The summed E-state index contributed by atoms with van der Waals surface area (Å²) >= 11 is 0. The second-order valence-corrected chi connectivity index (χ2v) is 9.37. The number of hydrogen-bond acceptors (Lipinski definition) is 3. The van der Waals surface area contributed by atoms with Gasteiger partial charge in [0.25, 0.3) is 0 Å². The third-order valence-corrected chi connectivity index (χ3v) is 7.26. The molecule has 12 heteroatoms. The molecule has 2 aliphatic rings. The number of nitriles is 3. The fourth-order valence-corrected chi connectivity index (χ4v) is 5.57. The second-order valence-electron chi connectivity index (χ2n) is 9.37. The number of halogens is 6. The molecule has 0 saturated carbocycles. The van der Waals surface area contributed by atoms with Crippen molar-refractivity contribution in [2.75, 3.05) is 0 Å². The first-order valence-corrected chi connectivity index (χ1v) is 12.1. The van der Waals surface area contributed by atoms with Gasteiger partial charge in [-0.2, -0.15) is 25.5 Å². The molecule has 0 amide bonds. The Labute approximate surface area is 244 Å². The lowest BCUT2D eigenvalue weighted by Gasteiger charge is -2.17. The molecule has 0 unspecified atom stereocenters. The summed E-state index contributed by atoms with van der Waals surface area (Å²) in [6.45, 7) is 22.8. The van der Waals surface area contributed by atoms with Gasteiger partial charge in [0, 0.05) is 17.2 Å². The molecule has 0 saturated heterocycles. The van der Waals surface area contributed by atoms with Crippen LogP contribution in [0.15, 0.2) is 46.8 Å². The van der Waals surface area contributed by atoms with Crippen LogP contribution in [-0.4, -0.2) is 0 Å². The maximum absolute atomic E-state index is 14.6. The zero-order chi connectivity index (χ0) is 32.0. The van der Waals surface area contributed by atoms with E-state index >= 15 is 0 Å². The lowest BCUT2D eigenvalue weighted by Crippen LogP contribution is -2.24. The summed E-state index contributed by atoms with van der Waals surface area (Å²) in [7, 11) is 0. The van der Waals surface area contributed by atoms with Gasteiger partial charge in [-0.25, -0.2) is 31.2 Å². The molecule has 2 aliphatic carbocycles. The van der Waals surface area contributed by atoms with Crippen molar-refractivity contribution in [1.82, 2.24) is 0 Å². The Morgan fingerprint density at radius 2 is 1.09 bits per heavy atom. The van der Waals surface area contributed by atoms with Crippen LogP contribution in [0.2, 0.25) is 0 Å². The Kier molecular flexibility index (Phi) is 7.01. The standard InChI is InChI=1S/C32H8F6N6/c1-42-31-19(32(43-2)44-3)9-18-25(13-4-21(33)29(37)22(34)5-13)27-17(8-16(20(27)12-41)15(10-39)11-40)26(28(18)31)14-6-23(35)30(38)24(36)7-14/h4-7H,8-9H2. The molecule has 0 aliphatic heterocycles. The van der Waals surface area contributed by atoms with E-state index in [4.69, 9.17) is 19.7 Å². The molecular weight excluding hydrogens is 582 g/mol. The Hall–Kier alpha value is -6.60. The molecule has 0 spiro atoms. The maximum Gasteiger partial charge on any atom is 0.512 e. The van der Waals surface area contributed by atoms with Crippen molar-refractivity contribution in [2.45, 2.75) is 12.8 Å². The molecule has 5 rings (SSSR count). The van der Waals surface area contributed by atoms with Gasteiger partial charge in [-0.15, -0.1) is 0 Å². The number of allylic oxidation sites excluding steroid dienone is 2. The summed E-state index contributed by atoms with van der Waals surface area (Å²) in [6.07, 6.45) is -0.851. The van der Waals surface area contributed by atoms with Gasteiger partial charge < -0.3 is 0 Å². The summed E-state index contributed by atoms with van der Waals surface area (Å²) < 4.78 is 86.5. The maximum atomic E-state index is 14.6. The summed E-state index contributed by atoms with van der Waals surface area (Å²) in [5.41, 5.74) is -2.55. The first kappa shape index (κ1) is 28.9. The molecule has 0 heterocycles. The quantitative estimate of drug-likeness (QED) is 0.157. The van der Waals surface area contributed by atoms with E-state index in [9.17, 15) is 42.1 Å². The van der Waals surface area contributed by atoms with Gasteiger partial charge in [-0.3, -0.25) is 0 Å². The lowest BCUT2D eigenvalue weighted by atomic mass is 9.86. The average molecular weight is 590 g/mol. The number of nitrogens with zero attached hydrogens (tertiary/aromatic N) is 6. The lowest BCUT2D eigenvalue weighted by molar-refractivity contribution is 0.447. The highest BCUT2D eigenvalue weighted by molar-refractivity contribution is 5.95. The van der Waals surface area contributed by atoms with Crippen molar-refractivity contribution in [1.29, 1.82) is 15.8 Å². The van der Waals surface area contributed by atoms with Crippen LogP contribution in [0, 0.1) is 88.6 Å². The largest absolute Gasteiger partial charge is 0.512 e. The number of benzene rings is 3. The van der Waals surface area contributed by atoms with Crippen molar-refractivity contribution < 1.29 is 26.3 Å². The molecule has 6 nitrogen and oxygen atoms in total. The Morgan fingerprint density at radius 3 is 1.50 bits per heavy atom. The monoisotopic (exact) mass is 590 g/mol. The van der Waals surface area contributed by atoms with Crippen molar-refractivity contribution in [3.8, 4) is 40.5 Å². The first-order chi connectivity index (χ1) is 21.1. The van der Waals surface area contributed by atoms with Gasteiger partial charge in [0.15, 0.2) is 40.6 Å². The highest BCUT2D eigenvalue weighted by Crippen LogP contribution is 2.40. The predicted molar refractivity (Wildman–Crippen MR) is 141 cm³/mol. The second kappa shape index (κ2) is 10.7. The fourth-order valence-electron chi connectivity index (χ4n) is 5.57.